The number of rotatable bonds is 8. The Balaban J connectivity index is 2.47. The van der Waals surface area contributed by atoms with Gasteiger partial charge < -0.3 is 20.1 Å². The summed E-state index contributed by atoms with van der Waals surface area (Å²) in [5.74, 6) is 0.411. The van der Waals surface area contributed by atoms with Crippen LogP contribution in [0.15, 0.2) is 24.3 Å². The van der Waals surface area contributed by atoms with E-state index in [-0.39, 0.29) is 18.9 Å². The van der Waals surface area contributed by atoms with E-state index in [1.54, 1.807) is 36.3 Å². The van der Waals surface area contributed by atoms with E-state index in [0.29, 0.717) is 31.1 Å². The Labute approximate surface area is 118 Å². The number of benzene rings is 1. The summed E-state index contributed by atoms with van der Waals surface area (Å²) in [6.07, 6.45) is 0.289. The zero-order valence-electron chi connectivity index (χ0n) is 11.5. The maximum Gasteiger partial charge on any atom is 0.260 e. The third-order valence-corrected chi connectivity index (χ3v) is 2.65. The fourth-order valence-corrected chi connectivity index (χ4v) is 1.55. The Bertz CT molecular complexity index is 454. The molecule has 6 nitrogen and oxygen atoms in total. The number of ether oxygens (including phenoxy) is 2. The molecule has 0 unspecified atom stereocenters. The number of nitrogens with two attached hydrogens (primary N) is 1. The molecule has 0 aliphatic carbocycles. The van der Waals surface area contributed by atoms with Crippen molar-refractivity contribution < 1.29 is 14.3 Å². The van der Waals surface area contributed by atoms with Gasteiger partial charge in [-0.25, -0.2) is 0 Å². The minimum absolute atomic E-state index is 0.0704. The zero-order valence-corrected chi connectivity index (χ0v) is 11.5. The van der Waals surface area contributed by atoms with Gasteiger partial charge in [-0.2, -0.15) is 5.26 Å². The minimum Gasteiger partial charge on any atom is -0.484 e. The fraction of sp³-hybridized carbons (Fsp3) is 0.429. The molecular weight excluding hydrogens is 258 g/mol. The first kappa shape index (κ1) is 15.8. The van der Waals surface area contributed by atoms with Crippen LogP contribution in [0.3, 0.4) is 0 Å². The highest BCUT2D eigenvalue weighted by Gasteiger charge is 2.13. The topological polar surface area (TPSA) is 88.6 Å². The number of nitriles is 1. The van der Waals surface area contributed by atoms with Crippen molar-refractivity contribution in [3.63, 3.8) is 0 Å². The van der Waals surface area contributed by atoms with Crippen LogP contribution in [0.2, 0.25) is 0 Å². The predicted octanol–water partition coefficient (Wildman–Crippen LogP) is 1.04. The second-order valence-electron chi connectivity index (χ2n) is 4.14. The highest BCUT2D eigenvalue weighted by Crippen LogP contribution is 2.13. The third-order valence-electron chi connectivity index (χ3n) is 2.65. The SMILES string of the molecule is COCCN(CCC#N)C(=O)COc1ccc(N)cc1. The van der Waals surface area contributed by atoms with Crippen LogP contribution in [-0.4, -0.2) is 44.2 Å². The molecule has 0 heterocycles. The number of amides is 1. The third kappa shape index (κ3) is 5.59. The molecule has 20 heavy (non-hydrogen) atoms. The summed E-state index contributed by atoms with van der Waals surface area (Å²) in [5, 5.41) is 8.59. The lowest BCUT2D eigenvalue weighted by Gasteiger charge is -2.21. The van der Waals surface area contributed by atoms with E-state index in [1.165, 1.54) is 0 Å². The average Bonchev–Trinajstić information content (AvgIpc) is 2.46. The molecule has 0 saturated carbocycles. The number of hydrogen-bond donors (Lipinski definition) is 1. The molecule has 1 rings (SSSR count). The number of nitrogen functional groups attached to an aromatic ring is 1. The molecule has 0 aliphatic heterocycles. The van der Waals surface area contributed by atoms with Crippen molar-refractivity contribution in [3.8, 4) is 11.8 Å². The van der Waals surface area contributed by atoms with Crippen molar-refractivity contribution in [2.24, 2.45) is 0 Å². The molecule has 6 heteroatoms. The van der Waals surface area contributed by atoms with E-state index >= 15 is 0 Å². The Kier molecular flexibility index (Phi) is 6.93. The fourth-order valence-electron chi connectivity index (χ4n) is 1.55. The Morgan fingerprint density at radius 3 is 2.65 bits per heavy atom. The Morgan fingerprint density at radius 2 is 2.05 bits per heavy atom. The smallest absolute Gasteiger partial charge is 0.260 e. The van der Waals surface area contributed by atoms with Gasteiger partial charge in [0, 0.05) is 25.9 Å². The molecular formula is C14H19N3O3. The van der Waals surface area contributed by atoms with Crippen LogP contribution in [0.4, 0.5) is 5.69 Å². The summed E-state index contributed by atoms with van der Waals surface area (Å²) in [5.41, 5.74) is 6.20. The van der Waals surface area contributed by atoms with Crippen molar-refractivity contribution >= 4 is 11.6 Å². The van der Waals surface area contributed by atoms with E-state index in [9.17, 15) is 4.79 Å². The Hall–Kier alpha value is -2.26. The highest BCUT2D eigenvalue weighted by molar-refractivity contribution is 5.77. The summed E-state index contributed by atoms with van der Waals surface area (Å²) >= 11 is 0. The number of carbonyl (C=O) groups excluding carboxylic acids is 1. The number of carbonyl (C=O) groups is 1. The number of methoxy groups -OCH3 is 1. The number of nitrogens with zero attached hydrogens (tertiary/aromatic N) is 2. The first-order chi connectivity index (χ1) is 9.67. The van der Waals surface area contributed by atoms with Crippen molar-refractivity contribution in [2.45, 2.75) is 6.42 Å². The second-order valence-corrected chi connectivity index (χ2v) is 4.14. The van der Waals surface area contributed by atoms with Crippen LogP contribution in [0.1, 0.15) is 6.42 Å². The summed E-state index contributed by atoms with van der Waals surface area (Å²) in [4.78, 5) is 13.6. The molecule has 1 aromatic rings. The quantitative estimate of drug-likeness (QED) is 0.717. The first-order valence-electron chi connectivity index (χ1n) is 6.29. The van der Waals surface area contributed by atoms with Crippen LogP contribution in [0.25, 0.3) is 0 Å². The largest absolute Gasteiger partial charge is 0.484 e. The monoisotopic (exact) mass is 277 g/mol. The van der Waals surface area contributed by atoms with Crippen LogP contribution in [-0.2, 0) is 9.53 Å². The Morgan fingerprint density at radius 1 is 1.35 bits per heavy atom. The highest BCUT2D eigenvalue weighted by atomic mass is 16.5. The molecule has 0 atom stereocenters. The van der Waals surface area contributed by atoms with E-state index in [1.807, 2.05) is 6.07 Å². The lowest BCUT2D eigenvalue weighted by Crippen LogP contribution is -2.37. The summed E-state index contributed by atoms with van der Waals surface area (Å²) in [6, 6.07) is 8.84. The summed E-state index contributed by atoms with van der Waals surface area (Å²) in [7, 11) is 1.57. The standard InChI is InChI=1S/C14H19N3O3/c1-19-10-9-17(8-2-7-15)14(18)11-20-13-5-3-12(16)4-6-13/h3-6H,2,8-11,16H2,1H3. The number of anilines is 1. The van der Waals surface area contributed by atoms with Gasteiger partial charge in [0.1, 0.15) is 5.75 Å². The van der Waals surface area contributed by atoms with Gasteiger partial charge in [-0.3, -0.25) is 4.79 Å². The van der Waals surface area contributed by atoms with Crippen molar-refractivity contribution in [1.82, 2.24) is 4.90 Å². The normalized spacial score (nSPS) is 9.80. The van der Waals surface area contributed by atoms with Gasteiger partial charge in [0.05, 0.1) is 19.1 Å². The molecule has 0 bridgehead atoms. The predicted molar refractivity (Wildman–Crippen MR) is 75.0 cm³/mol. The summed E-state index contributed by atoms with van der Waals surface area (Å²) < 4.78 is 10.3. The van der Waals surface area contributed by atoms with E-state index in [2.05, 4.69) is 0 Å². The molecule has 0 aliphatic rings. The van der Waals surface area contributed by atoms with Crippen LogP contribution in [0.5, 0.6) is 5.75 Å². The van der Waals surface area contributed by atoms with E-state index in [4.69, 9.17) is 20.5 Å². The zero-order chi connectivity index (χ0) is 14.8. The lowest BCUT2D eigenvalue weighted by atomic mass is 10.3. The molecule has 0 fully saturated rings. The lowest BCUT2D eigenvalue weighted by molar-refractivity contribution is -0.133. The molecule has 1 amide bonds. The van der Waals surface area contributed by atoms with Gasteiger partial charge in [0.2, 0.25) is 0 Å². The molecule has 0 radical (unpaired) electrons. The molecule has 2 N–H and O–H groups in total. The van der Waals surface area contributed by atoms with Crippen molar-refractivity contribution in [3.05, 3.63) is 24.3 Å². The average molecular weight is 277 g/mol. The number of hydrogen-bond acceptors (Lipinski definition) is 5. The van der Waals surface area contributed by atoms with Crippen molar-refractivity contribution in [1.29, 1.82) is 5.26 Å². The van der Waals surface area contributed by atoms with Crippen LogP contribution >= 0.6 is 0 Å². The van der Waals surface area contributed by atoms with Gasteiger partial charge in [-0.05, 0) is 24.3 Å². The van der Waals surface area contributed by atoms with Gasteiger partial charge >= 0.3 is 0 Å². The van der Waals surface area contributed by atoms with Crippen molar-refractivity contribution in [2.75, 3.05) is 39.1 Å². The van der Waals surface area contributed by atoms with E-state index < -0.39 is 0 Å². The summed E-state index contributed by atoms with van der Waals surface area (Å²) in [6.45, 7) is 1.18. The molecule has 0 aromatic heterocycles. The van der Waals surface area contributed by atoms with E-state index in [0.717, 1.165) is 0 Å². The molecule has 1 aromatic carbocycles. The van der Waals surface area contributed by atoms with Gasteiger partial charge in [0.15, 0.2) is 6.61 Å². The van der Waals surface area contributed by atoms with Crippen LogP contribution in [0, 0.1) is 11.3 Å². The maximum atomic E-state index is 12.0. The molecule has 0 spiro atoms. The van der Waals surface area contributed by atoms with Gasteiger partial charge in [-0.1, -0.05) is 0 Å². The van der Waals surface area contributed by atoms with Crippen LogP contribution < -0.4 is 10.5 Å². The first-order valence-corrected chi connectivity index (χ1v) is 6.29. The minimum atomic E-state index is -0.172. The van der Waals surface area contributed by atoms with Gasteiger partial charge in [-0.15, -0.1) is 0 Å². The second kappa shape index (κ2) is 8.77. The van der Waals surface area contributed by atoms with Gasteiger partial charge in [0.25, 0.3) is 5.91 Å². The molecule has 108 valence electrons. The maximum absolute atomic E-state index is 12.0. The molecule has 0 saturated heterocycles.